The first-order chi connectivity index (χ1) is 9.83. The smallest absolute Gasteiger partial charge is 0.326 e. The first-order valence-corrected chi connectivity index (χ1v) is 5.96. The molecule has 0 spiro atoms. The van der Waals surface area contributed by atoms with Gasteiger partial charge in [0.25, 0.3) is 0 Å². The fourth-order valence-electron chi connectivity index (χ4n) is 1.49. The van der Waals surface area contributed by atoms with Crippen LogP contribution < -0.4 is 10.6 Å². The molecule has 0 aliphatic heterocycles. The van der Waals surface area contributed by atoms with Crippen molar-refractivity contribution in [1.29, 1.82) is 0 Å². The Morgan fingerprint density at radius 2 is 2.05 bits per heavy atom. The molecular weight excluding hydrogens is 283 g/mol. The second-order valence-electron chi connectivity index (χ2n) is 4.25. The van der Waals surface area contributed by atoms with E-state index in [1.54, 1.807) is 13.0 Å². The standard InChI is InChI=1S/C13H15FN2O5/c1-7-3-4-9(8(14)5-7)15-13(20)16-10(12(18)19)6-11(17)21-2/h3-5,10H,6H2,1-2H3,(H,18,19)(H2,15,16,20)/t10-/m0/s1. The van der Waals surface area contributed by atoms with Crippen molar-refractivity contribution in [2.45, 2.75) is 19.4 Å². The van der Waals surface area contributed by atoms with Gasteiger partial charge in [-0.3, -0.25) is 4.79 Å². The molecule has 0 unspecified atom stereocenters. The zero-order valence-electron chi connectivity index (χ0n) is 11.5. The number of carboxylic acid groups (broad SMARTS) is 1. The molecule has 1 aromatic rings. The van der Waals surface area contributed by atoms with E-state index in [1.165, 1.54) is 12.1 Å². The molecule has 0 aliphatic carbocycles. The van der Waals surface area contributed by atoms with Crippen LogP contribution in [0.25, 0.3) is 0 Å². The molecule has 0 heterocycles. The summed E-state index contributed by atoms with van der Waals surface area (Å²) in [6.45, 7) is 1.68. The molecule has 3 N–H and O–H groups in total. The van der Waals surface area contributed by atoms with Gasteiger partial charge in [0.2, 0.25) is 0 Å². The number of nitrogens with one attached hydrogen (secondary N) is 2. The molecule has 0 saturated carbocycles. The number of benzene rings is 1. The minimum atomic E-state index is -1.47. The Balaban J connectivity index is 2.69. The molecule has 114 valence electrons. The number of esters is 1. The Hall–Kier alpha value is -2.64. The monoisotopic (exact) mass is 298 g/mol. The summed E-state index contributed by atoms with van der Waals surface area (Å²) >= 11 is 0. The van der Waals surface area contributed by atoms with E-state index in [9.17, 15) is 18.8 Å². The van der Waals surface area contributed by atoms with Crippen LogP contribution in [0.3, 0.4) is 0 Å². The Labute approximate surface area is 120 Å². The second kappa shape index (κ2) is 7.22. The first kappa shape index (κ1) is 16.4. The number of hydrogen-bond acceptors (Lipinski definition) is 4. The Kier molecular flexibility index (Phi) is 5.65. The third kappa shape index (κ3) is 5.09. The zero-order chi connectivity index (χ0) is 16.0. The average Bonchev–Trinajstić information content (AvgIpc) is 2.40. The highest BCUT2D eigenvalue weighted by atomic mass is 19.1. The zero-order valence-corrected chi connectivity index (χ0v) is 11.5. The van der Waals surface area contributed by atoms with E-state index >= 15 is 0 Å². The van der Waals surface area contributed by atoms with Gasteiger partial charge < -0.3 is 20.5 Å². The van der Waals surface area contributed by atoms with Crippen molar-refractivity contribution in [2.24, 2.45) is 0 Å². The number of methoxy groups -OCH3 is 1. The van der Waals surface area contributed by atoms with Crippen molar-refractivity contribution >= 4 is 23.7 Å². The molecule has 0 fully saturated rings. The van der Waals surface area contributed by atoms with E-state index in [0.29, 0.717) is 5.56 Å². The van der Waals surface area contributed by atoms with Crippen molar-refractivity contribution < 1.29 is 28.6 Å². The largest absolute Gasteiger partial charge is 0.480 e. The number of aryl methyl sites for hydroxylation is 1. The average molecular weight is 298 g/mol. The number of halogens is 1. The predicted octanol–water partition coefficient (Wildman–Crippen LogP) is 1.27. The fraction of sp³-hybridized carbons (Fsp3) is 0.308. The summed E-state index contributed by atoms with van der Waals surface area (Å²) < 4.78 is 17.9. The molecule has 1 aromatic carbocycles. The quantitative estimate of drug-likeness (QED) is 0.710. The summed E-state index contributed by atoms with van der Waals surface area (Å²) in [7, 11) is 1.10. The molecule has 0 radical (unpaired) electrons. The highest BCUT2D eigenvalue weighted by Gasteiger charge is 2.24. The lowest BCUT2D eigenvalue weighted by Gasteiger charge is -2.14. The van der Waals surface area contributed by atoms with Crippen molar-refractivity contribution in [3.05, 3.63) is 29.6 Å². The van der Waals surface area contributed by atoms with E-state index in [0.717, 1.165) is 7.11 Å². The van der Waals surface area contributed by atoms with Crippen molar-refractivity contribution in [3.8, 4) is 0 Å². The van der Waals surface area contributed by atoms with Crippen LogP contribution in [0.15, 0.2) is 18.2 Å². The van der Waals surface area contributed by atoms with Crippen LogP contribution in [0.1, 0.15) is 12.0 Å². The van der Waals surface area contributed by atoms with Crippen molar-refractivity contribution in [2.75, 3.05) is 12.4 Å². The molecule has 0 saturated heterocycles. The first-order valence-electron chi connectivity index (χ1n) is 5.96. The number of carbonyl (C=O) groups excluding carboxylic acids is 2. The minimum Gasteiger partial charge on any atom is -0.480 e. The lowest BCUT2D eigenvalue weighted by atomic mass is 10.2. The summed E-state index contributed by atoms with van der Waals surface area (Å²) in [5.41, 5.74) is 0.577. The summed E-state index contributed by atoms with van der Waals surface area (Å²) in [6.07, 6.45) is -0.532. The second-order valence-corrected chi connectivity index (χ2v) is 4.25. The summed E-state index contributed by atoms with van der Waals surface area (Å²) in [5.74, 6) is -2.84. The number of amides is 2. The molecule has 8 heteroatoms. The molecule has 1 rings (SSSR count). The van der Waals surface area contributed by atoms with Gasteiger partial charge in [-0.2, -0.15) is 0 Å². The topological polar surface area (TPSA) is 105 Å². The Morgan fingerprint density at radius 1 is 1.38 bits per heavy atom. The van der Waals surface area contributed by atoms with Gasteiger partial charge in [0.15, 0.2) is 0 Å². The van der Waals surface area contributed by atoms with Crippen molar-refractivity contribution in [3.63, 3.8) is 0 Å². The van der Waals surface area contributed by atoms with E-state index in [4.69, 9.17) is 5.11 Å². The number of anilines is 1. The van der Waals surface area contributed by atoms with Gasteiger partial charge in [0, 0.05) is 0 Å². The van der Waals surface area contributed by atoms with Gasteiger partial charge >= 0.3 is 18.0 Å². The highest BCUT2D eigenvalue weighted by molar-refractivity contribution is 5.93. The van der Waals surface area contributed by atoms with Crippen LogP contribution in [0.5, 0.6) is 0 Å². The third-order valence-electron chi connectivity index (χ3n) is 2.57. The number of carbonyl (C=O) groups is 3. The Bertz CT molecular complexity index is 561. The van der Waals surface area contributed by atoms with Gasteiger partial charge in [-0.25, -0.2) is 14.0 Å². The molecular formula is C13H15FN2O5. The van der Waals surface area contributed by atoms with E-state index in [1.807, 2.05) is 0 Å². The van der Waals surface area contributed by atoms with Crippen LogP contribution in [0.4, 0.5) is 14.9 Å². The van der Waals surface area contributed by atoms with E-state index < -0.39 is 36.2 Å². The number of rotatable bonds is 5. The molecule has 0 bridgehead atoms. The molecule has 2 amide bonds. The third-order valence-corrected chi connectivity index (χ3v) is 2.57. The summed E-state index contributed by atoms with van der Waals surface area (Å²) in [4.78, 5) is 33.6. The van der Waals surface area contributed by atoms with Gasteiger partial charge in [-0.15, -0.1) is 0 Å². The minimum absolute atomic E-state index is 0.0969. The molecule has 1 atom stereocenters. The normalized spacial score (nSPS) is 11.4. The molecule has 0 aliphatic rings. The molecule has 0 aromatic heterocycles. The lowest BCUT2D eigenvalue weighted by molar-refractivity contribution is -0.147. The fourth-order valence-corrected chi connectivity index (χ4v) is 1.49. The van der Waals surface area contributed by atoms with Gasteiger partial charge in [-0.1, -0.05) is 6.07 Å². The number of hydrogen-bond donors (Lipinski definition) is 3. The number of urea groups is 1. The Morgan fingerprint density at radius 3 is 2.57 bits per heavy atom. The van der Waals surface area contributed by atoms with Crippen LogP contribution in [0, 0.1) is 12.7 Å². The van der Waals surface area contributed by atoms with Gasteiger partial charge in [0.05, 0.1) is 19.2 Å². The van der Waals surface area contributed by atoms with Crippen LogP contribution in [-0.4, -0.2) is 36.2 Å². The van der Waals surface area contributed by atoms with Crippen LogP contribution in [-0.2, 0) is 14.3 Å². The van der Waals surface area contributed by atoms with E-state index in [-0.39, 0.29) is 5.69 Å². The van der Waals surface area contributed by atoms with Crippen LogP contribution in [0.2, 0.25) is 0 Å². The summed E-state index contributed by atoms with van der Waals surface area (Å²) in [6, 6.07) is 1.75. The number of ether oxygens (including phenoxy) is 1. The maximum absolute atomic E-state index is 13.5. The van der Waals surface area contributed by atoms with Gasteiger partial charge in [-0.05, 0) is 24.6 Å². The predicted molar refractivity (Wildman–Crippen MR) is 71.3 cm³/mol. The number of carboxylic acids is 1. The highest BCUT2D eigenvalue weighted by Crippen LogP contribution is 2.15. The van der Waals surface area contributed by atoms with E-state index in [2.05, 4.69) is 15.4 Å². The van der Waals surface area contributed by atoms with Gasteiger partial charge in [0.1, 0.15) is 11.9 Å². The molecule has 21 heavy (non-hydrogen) atoms. The molecule has 7 nitrogen and oxygen atoms in total. The SMILES string of the molecule is COC(=O)C[C@H](NC(=O)Nc1ccc(C)cc1F)C(=O)O. The number of aliphatic carboxylic acids is 1. The van der Waals surface area contributed by atoms with Crippen molar-refractivity contribution in [1.82, 2.24) is 5.32 Å². The lowest BCUT2D eigenvalue weighted by Crippen LogP contribution is -2.44. The summed E-state index contributed by atoms with van der Waals surface area (Å²) in [5, 5.41) is 13.1. The van der Waals surface area contributed by atoms with Crippen LogP contribution >= 0.6 is 0 Å². The maximum atomic E-state index is 13.5. The maximum Gasteiger partial charge on any atom is 0.326 e.